The Labute approximate surface area is 199 Å². The molecule has 0 saturated heterocycles. The van der Waals surface area contributed by atoms with E-state index >= 15 is 0 Å². The van der Waals surface area contributed by atoms with Crippen LogP contribution in [0.1, 0.15) is 53.0 Å². The lowest BCUT2D eigenvalue weighted by molar-refractivity contribution is 0.435. The first-order chi connectivity index (χ1) is 16.8. The second kappa shape index (κ2) is 7.20. The highest BCUT2D eigenvalue weighted by Crippen LogP contribution is 2.62. The predicted octanol–water partition coefficient (Wildman–Crippen LogP) is 7.87. The SMILES string of the molecule is N#CC1=CCCCC1c1ccc2c(c1)C1(c3ccccc3O2)c2ccccc2-c2ccccc21. The molecule has 4 aromatic rings. The quantitative estimate of drug-likeness (QED) is 0.262. The van der Waals surface area contributed by atoms with Gasteiger partial charge < -0.3 is 4.74 Å². The summed E-state index contributed by atoms with van der Waals surface area (Å²) in [6, 6.07) is 35.1. The molecule has 1 unspecified atom stereocenters. The number of ether oxygens (including phenoxy) is 1. The highest BCUT2D eigenvalue weighted by Gasteiger charge is 2.51. The number of benzene rings is 4. The van der Waals surface area contributed by atoms with Gasteiger partial charge in [0.05, 0.1) is 11.5 Å². The highest BCUT2D eigenvalue weighted by molar-refractivity contribution is 5.88. The first-order valence-electron chi connectivity index (χ1n) is 12.0. The van der Waals surface area contributed by atoms with Crippen LogP contribution in [0.15, 0.2) is 103 Å². The normalized spacial score (nSPS) is 18.6. The zero-order chi connectivity index (χ0) is 22.7. The molecule has 1 atom stereocenters. The molecule has 1 spiro atoms. The molecule has 2 nitrogen and oxygen atoms in total. The largest absolute Gasteiger partial charge is 0.457 e. The molecule has 0 radical (unpaired) electrons. The van der Waals surface area contributed by atoms with Crippen LogP contribution in [-0.4, -0.2) is 0 Å². The monoisotopic (exact) mass is 437 g/mol. The van der Waals surface area contributed by atoms with Gasteiger partial charge >= 0.3 is 0 Å². The number of para-hydroxylation sites is 1. The van der Waals surface area contributed by atoms with Crippen molar-refractivity contribution >= 4 is 0 Å². The van der Waals surface area contributed by atoms with Gasteiger partial charge in [0.25, 0.3) is 0 Å². The summed E-state index contributed by atoms with van der Waals surface area (Å²) in [6.07, 6.45) is 5.24. The Kier molecular flexibility index (Phi) is 4.11. The van der Waals surface area contributed by atoms with E-state index in [-0.39, 0.29) is 5.92 Å². The van der Waals surface area contributed by atoms with E-state index in [1.54, 1.807) is 0 Å². The van der Waals surface area contributed by atoms with Crippen LogP contribution in [-0.2, 0) is 5.41 Å². The molecule has 7 rings (SSSR count). The fourth-order valence-electron chi connectivity index (χ4n) is 6.44. The van der Waals surface area contributed by atoms with E-state index < -0.39 is 5.41 Å². The molecule has 0 N–H and O–H groups in total. The molecule has 34 heavy (non-hydrogen) atoms. The van der Waals surface area contributed by atoms with Crippen molar-refractivity contribution in [2.45, 2.75) is 30.6 Å². The molecule has 162 valence electrons. The summed E-state index contributed by atoms with van der Waals surface area (Å²) in [5.41, 5.74) is 9.15. The van der Waals surface area contributed by atoms with E-state index in [9.17, 15) is 5.26 Å². The molecule has 0 amide bonds. The van der Waals surface area contributed by atoms with Crippen LogP contribution in [0.2, 0.25) is 0 Å². The molecule has 0 aromatic heterocycles. The van der Waals surface area contributed by atoms with Crippen molar-refractivity contribution in [3.05, 3.63) is 130 Å². The number of nitrogens with zero attached hydrogens (tertiary/aromatic N) is 1. The maximum absolute atomic E-state index is 9.81. The van der Waals surface area contributed by atoms with Crippen LogP contribution in [0, 0.1) is 11.3 Å². The Morgan fingerprint density at radius 2 is 1.38 bits per heavy atom. The fraction of sp³-hybridized carbons (Fsp3) is 0.156. The van der Waals surface area contributed by atoms with E-state index in [2.05, 4.69) is 97.1 Å². The van der Waals surface area contributed by atoms with E-state index in [1.165, 1.54) is 38.9 Å². The van der Waals surface area contributed by atoms with Gasteiger partial charge in [-0.2, -0.15) is 5.26 Å². The average Bonchev–Trinajstić information content (AvgIpc) is 3.20. The third-order valence-corrected chi connectivity index (χ3v) is 7.84. The Morgan fingerprint density at radius 3 is 2.12 bits per heavy atom. The van der Waals surface area contributed by atoms with Gasteiger partial charge in [0, 0.05) is 22.6 Å². The van der Waals surface area contributed by atoms with E-state index in [1.807, 2.05) is 6.07 Å². The van der Waals surface area contributed by atoms with Gasteiger partial charge in [-0.05, 0) is 65.3 Å². The zero-order valence-corrected chi connectivity index (χ0v) is 18.8. The molecule has 4 aromatic carbocycles. The molecule has 2 heteroatoms. The fourth-order valence-corrected chi connectivity index (χ4v) is 6.44. The summed E-state index contributed by atoms with van der Waals surface area (Å²) in [7, 11) is 0. The van der Waals surface area contributed by atoms with Crippen LogP contribution < -0.4 is 4.74 Å². The van der Waals surface area contributed by atoms with Gasteiger partial charge in [-0.25, -0.2) is 0 Å². The third-order valence-electron chi connectivity index (χ3n) is 7.84. The average molecular weight is 438 g/mol. The van der Waals surface area contributed by atoms with Gasteiger partial charge in [-0.3, -0.25) is 0 Å². The smallest absolute Gasteiger partial charge is 0.132 e. The second-order valence-corrected chi connectivity index (χ2v) is 9.45. The van der Waals surface area contributed by atoms with Crippen LogP contribution in [0.25, 0.3) is 11.1 Å². The van der Waals surface area contributed by atoms with Crippen LogP contribution in [0.5, 0.6) is 11.5 Å². The summed E-state index contributed by atoms with van der Waals surface area (Å²) in [5.74, 6) is 1.95. The topological polar surface area (TPSA) is 33.0 Å². The zero-order valence-electron chi connectivity index (χ0n) is 18.8. The highest BCUT2D eigenvalue weighted by atomic mass is 16.5. The molecule has 0 saturated carbocycles. The molecular weight excluding hydrogens is 414 g/mol. The first kappa shape index (κ1) is 19.4. The van der Waals surface area contributed by atoms with Crippen molar-refractivity contribution in [1.29, 1.82) is 5.26 Å². The van der Waals surface area contributed by atoms with Crippen molar-refractivity contribution in [2.24, 2.45) is 0 Å². The Balaban J connectivity index is 1.58. The van der Waals surface area contributed by atoms with Gasteiger partial charge in [0.1, 0.15) is 11.5 Å². The summed E-state index contributed by atoms with van der Waals surface area (Å²) >= 11 is 0. The minimum Gasteiger partial charge on any atom is -0.457 e. The summed E-state index contributed by atoms with van der Waals surface area (Å²) < 4.78 is 6.51. The van der Waals surface area contributed by atoms with Crippen LogP contribution >= 0.6 is 0 Å². The van der Waals surface area contributed by atoms with Gasteiger partial charge in [0.15, 0.2) is 0 Å². The second-order valence-electron chi connectivity index (χ2n) is 9.45. The predicted molar refractivity (Wildman–Crippen MR) is 134 cm³/mol. The molecule has 0 bridgehead atoms. The van der Waals surface area contributed by atoms with E-state index in [0.717, 1.165) is 36.3 Å². The van der Waals surface area contributed by atoms with E-state index in [4.69, 9.17) is 4.74 Å². The molecular formula is C32H23NO. The minimum atomic E-state index is -0.446. The molecule has 0 fully saturated rings. The number of allylic oxidation sites excluding steroid dienone is 2. The maximum Gasteiger partial charge on any atom is 0.132 e. The van der Waals surface area contributed by atoms with Crippen molar-refractivity contribution in [1.82, 2.24) is 0 Å². The number of rotatable bonds is 1. The van der Waals surface area contributed by atoms with Crippen LogP contribution in [0.3, 0.4) is 0 Å². The Hall–Kier alpha value is -4.09. The molecule has 1 heterocycles. The van der Waals surface area contributed by atoms with Gasteiger partial charge in [-0.15, -0.1) is 0 Å². The minimum absolute atomic E-state index is 0.144. The van der Waals surface area contributed by atoms with Gasteiger partial charge in [-0.1, -0.05) is 78.9 Å². The van der Waals surface area contributed by atoms with Crippen molar-refractivity contribution < 1.29 is 4.74 Å². The standard InChI is InChI=1S/C32H23NO/c33-20-22-9-1-2-10-23(22)21-17-18-31-29(19-21)32(28-15-7-8-16-30(28)34-31)26-13-5-3-11-24(26)25-12-4-6-14-27(25)32/h3-9,11-19,23H,1-2,10H2. The Bertz CT molecular complexity index is 1490. The van der Waals surface area contributed by atoms with Crippen LogP contribution in [0.4, 0.5) is 0 Å². The number of hydrogen-bond donors (Lipinski definition) is 0. The van der Waals surface area contributed by atoms with Crippen molar-refractivity contribution in [3.63, 3.8) is 0 Å². The van der Waals surface area contributed by atoms with E-state index in [0.29, 0.717) is 0 Å². The summed E-state index contributed by atoms with van der Waals surface area (Å²) in [6.45, 7) is 0. The number of fused-ring (bicyclic) bond motifs is 9. The van der Waals surface area contributed by atoms with Gasteiger partial charge in [0.2, 0.25) is 0 Å². The van der Waals surface area contributed by atoms with Crippen molar-refractivity contribution in [2.75, 3.05) is 0 Å². The third kappa shape index (κ3) is 2.45. The van der Waals surface area contributed by atoms with Crippen molar-refractivity contribution in [3.8, 4) is 28.7 Å². The lowest BCUT2D eigenvalue weighted by Gasteiger charge is -2.40. The summed E-state index contributed by atoms with van der Waals surface area (Å²) in [4.78, 5) is 0. The lowest BCUT2D eigenvalue weighted by Crippen LogP contribution is -2.32. The maximum atomic E-state index is 9.81. The Morgan fingerprint density at radius 1 is 0.735 bits per heavy atom. The molecule has 1 aliphatic heterocycles. The first-order valence-corrected chi connectivity index (χ1v) is 12.0. The molecule has 2 aliphatic carbocycles. The number of nitriles is 1. The molecule has 3 aliphatic rings. The number of hydrogen-bond acceptors (Lipinski definition) is 2. The lowest BCUT2D eigenvalue weighted by atomic mass is 9.65. The summed E-state index contributed by atoms with van der Waals surface area (Å²) in [5, 5.41) is 9.81.